The molecule has 1 fully saturated rings. The van der Waals surface area contributed by atoms with Gasteiger partial charge in [0, 0.05) is 17.9 Å². The summed E-state index contributed by atoms with van der Waals surface area (Å²) in [4.78, 5) is 26.2. The fourth-order valence-corrected chi connectivity index (χ4v) is 2.73. The van der Waals surface area contributed by atoms with Gasteiger partial charge in [0.1, 0.15) is 6.04 Å². The first-order valence-corrected chi connectivity index (χ1v) is 7.64. The maximum absolute atomic E-state index is 12.4. The van der Waals surface area contributed by atoms with Gasteiger partial charge in [0.25, 0.3) is 0 Å². The maximum atomic E-state index is 12.4. The molecule has 0 spiro atoms. The molecule has 1 saturated heterocycles. The molecular weight excluding hydrogens is 290 g/mol. The molecule has 3 rings (SSSR count). The molecule has 1 aliphatic rings. The quantitative estimate of drug-likeness (QED) is 0.916. The summed E-state index contributed by atoms with van der Waals surface area (Å²) in [7, 11) is 0. The Hall–Kier alpha value is -2.82. The van der Waals surface area contributed by atoms with Gasteiger partial charge in [-0.2, -0.15) is 0 Å². The Morgan fingerprint density at radius 3 is 2.65 bits per heavy atom. The van der Waals surface area contributed by atoms with Crippen LogP contribution in [0.4, 0.5) is 16.2 Å². The molecule has 0 radical (unpaired) electrons. The van der Waals surface area contributed by atoms with Crippen molar-refractivity contribution in [2.75, 3.05) is 16.8 Å². The maximum Gasteiger partial charge on any atom is 0.319 e. The molecule has 1 atom stereocenters. The monoisotopic (exact) mass is 309 g/mol. The molecule has 3 amide bonds. The van der Waals surface area contributed by atoms with Crippen molar-refractivity contribution in [3.05, 3.63) is 60.2 Å². The van der Waals surface area contributed by atoms with Crippen molar-refractivity contribution in [2.45, 2.75) is 19.4 Å². The summed E-state index contributed by atoms with van der Waals surface area (Å²) >= 11 is 0. The van der Waals surface area contributed by atoms with Crippen LogP contribution in [-0.2, 0) is 4.79 Å². The number of nitrogens with zero attached hydrogens (tertiary/aromatic N) is 1. The van der Waals surface area contributed by atoms with E-state index >= 15 is 0 Å². The molecule has 2 aromatic rings. The minimum atomic E-state index is -0.486. The molecule has 0 saturated carbocycles. The standard InChI is InChI=1S/C18H19N3O2/c1-13-6-5-7-14(12-13)19-18(23)20-16-10-11-21(17(16)22)15-8-3-2-4-9-15/h2-9,12,16H,10-11H2,1H3,(H2,19,20,23)/t16-/m0/s1. The van der Waals surface area contributed by atoms with Crippen LogP contribution < -0.4 is 15.5 Å². The summed E-state index contributed by atoms with van der Waals surface area (Å²) in [5.41, 5.74) is 2.64. The molecule has 2 aromatic carbocycles. The normalized spacial score (nSPS) is 17.2. The van der Waals surface area contributed by atoms with Gasteiger partial charge in [0.2, 0.25) is 5.91 Å². The molecule has 0 unspecified atom stereocenters. The van der Waals surface area contributed by atoms with E-state index in [0.717, 1.165) is 11.3 Å². The SMILES string of the molecule is Cc1cccc(NC(=O)N[C@H]2CCN(c3ccccc3)C2=O)c1. The molecular formula is C18H19N3O2. The van der Waals surface area contributed by atoms with Gasteiger partial charge in [-0.05, 0) is 43.2 Å². The average Bonchev–Trinajstić information content (AvgIpc) is 2.89. The number of para-hydroxylation sites is 1. The average molecular weight is 309 g/mol. The Labute approximate surface area is 135 Å². The van der Waals surface area contributed by atoms with E-state index in [1.54, 1.807) is 4.90 Å². The van der Waals surface area contributed by atoms with E-state index in [4.69, 9.17) is 0 Å². The van der Waals surface area contributed by atoms with Gasteiger partial charge >= 0.3 is 6.03 Å². The van der Waals surface area contributed by atoms with Crippen LogP contribution in [0.15, 0.2) is 54.6 Å². The van der Waals surface area contributed by atoms with Crippen molar-refractivity contribution in [3.63, 3.8) is 0 Å². The largest absolute Gasteiger partial charge is 0.326 e. The summed E-state index contributed by atoms with van der Waals surface area (Å²) < 4.78 is 0. The third-order valence-corrected chi connectivity index (χ3v) is 3.85. The highest BCUT2D eigenvalue weighted by Gasteiger charge is 2.33. The Morgan fingerprint density at radius 1 is 1.13 bits per heavy atom. The minimum absolute atomic E-state index is 0.0735. The first-order valence-electron chi connectivity index (χ1n) is 7.64. The number of anilines is 2. The number of hydrogen-bond donors (Lipinski definition) is 2. The van der Waals surface area contributed by atoms with Crippen molar-refractivity contribution < 1.29 is 9.59 Å². The highest BCUT2D eigenvalue weighted by molar-refractivity contribution is 6.02. The molecule has 118 valence electrons. The van der Waals surface area contributed by atoms with Crippen LogP contribution in [0.2, 0.25) is 0 Å². The van der Waals surface area contributed by atoms with Gasteiger partial charge in [0.15, 0.2) is 0 Å². The molecule has 5 heteroatoms. The molecule has 1 heterocycles. The number of carbonyl (C=O) groups excluding carboxylic acids is 2. The first kappa shape index (κ1) is 15.1. The number of hydrogen-bond acceptors (Lipinski definition) is 2. The Bertz CT molecular complexity index is 715. The first-order chi connectivity index (χ1) is 11.1. The zero-order valence-corrected chi connectivity index (χ0v) is 13.0. The fraction of sp³-hybridized carbons (Fsp3) is 0.222. The van der Waals surface area contributed by atoms with E-state index in [2.05, 4.69) is 10.6 Å². The second-order valence-corrected chi connectivity index (χ2v) is 5.63. The van der Waals surface area contributed by atoms with Crippen LogP contribution in [0, 0.1) is 6.92 Å². The predicted molar refractivity (Wildman–Crippen MR) is 90.5 cm³/mol. The summed E-state index contributed by atoms with van der Waals surface area (Å²) in [5.74, 6) is -0.0735. The fourth-order valence-electron chi connectivity index (χ4n) is 2.73. The molecule has 5 nitrogen and oxygen atoms in total. The summed E-state index contributed by atoms with van der Waals surface area (Å²) in [5, 5.41) is 5.52. The van der Waals surface area contributed by atoms with Gasteiger partial charge in [-0.1, -0.05) is 30.3 Å². The van der Waals surface area contributed by atoms with Crippen molar-refractivity contribution in [1.29, 1.82) is 0 Å². The van der Waals surface area contributed by atoms with Crippen LogP contribution in [0.3, 0.4) is 0 Å². The lowest BCUT2D eigenvalue weighted by atomic mass is 10.2. The molecule has 1 aliphatic heterocycles. The number of urea groups is 1. The lowest BCUT2D eigenvalue weighted by molar-refractivity contribution is -0.118. The van der Waals surface area contributed by atoms with Gasteiger partial charge in [-0.25, -0.2) is 4.79 Å². The second kappa shape index (κ2) is 6.52. The van der Waals surface area contributed by atoms with E-state index in [-0.39, 0.29) is 11.9 Å². The number of aryl methyl sites for hydroxylation is 1. The second-order valence-electron chi connectivity index (χ2n) is 5.63. The van der Waals surface area contributed by atoms with Gasteiger partial charge in [-0.15, -0.1) is 0 Å². The van der Waals surface area contributed by atoms with Crippen LogP contribution in [0.1, 0.15) is 12.0 Å². The molecule has 0 aromatic heterocycles. The Kier molecular flexibility index (Phi) is 4.28. The third kappa shape index (κ3) is 3.51. The van der Waals surface area contributed by atoms with Crippen molar-refractivity contribution in [2.24, 2.45) is 0 Å². The van der Waals surface area contributed by atoms with E-state index < -0.39 is 6.04 Å². The Morgan fingerprint density at radius 2 is 1.91 bits per heavy atom. The van der Waals surface area contributed by atoms with Crippen molar-refractivity contribution in [3.8, 4) is 0 Å². The van der Waals surface area contributed by atoms with Gasteiger partial charge in [0.05, 0.1) is 0 Å². The number of carbonyl (C=O) groups is 2. The third-order valence-electron chi connectivity index (χ3n) is 3.85. The highest BCUT2D eigenvalue weighted by Crippen LogP contribution is 2.21. The van der Waals surface area contributed by atoms with E-state index in [9.17, 15) is 9.59 Å². The van der Waals surface area contributed by atoms with Gasteiger partial charge < -0.3 is 15.5 Å². The van der Waals surface area contributed by atoms with Gasteiger partial charge in [-0.3, -0.25) is 4.79 Å². The number of benzene rings is 2. The van der Waals surface area contributed by atoms with Crippen LogP contribution in [0.5, 0.6) is 0 Å². The van der Waals surface area contributed by atoms with E-state index in [1.807, 2.05) is 61.5 Å². The molecule has 0 aliphatic carbocycles. The summed E-state index contributed by atoms with van der Waals surface area (Å²) in [6.45, 7) is 2.57. The lowest BCUT2D eigenvalue weighted by Crippen LogP contribution is -2.43. The summed E-state index contributed by atoms with van der Waals surface area (Å²) in [6.07, 6.45) is 0.606. The van der Waals surface area contributed by atoms with Crippen LogP contribution >= 0.6 is 0 Å². The topological polar surface area (TPSA) is 61.4 Å². The molecule has 23 heavy (non-hydrogen) atoms. The molecule has 2 N–H and O–H groups in total. The highest BCUT2D eigenvalue weighted by atomic mass is 16.2. The lowest BCUT2D eigenvalue weighted by Gasteiger charge is -2.17. The zero-order chi connectivity index (χ0) is 16.2. The van der Waals surface area contributed by atoms with Crippen LogP contribution in [-0.4, -0.2) is 24.5 Å². The van der Waals surface area contributed by atoms with Crippen molar-refractivity contribution in [1.82, 2.24) is 5.32 Å². The zero-order valence-electron chi connectivity index (χ0n) is 13.0. The predicted octanol–water partition coefficient (Wildman–Crippen LogP) is 2.92. The number of rotatable bonds is 3. The van der Waals surface area contributed by atoms with E-state index in [0.29, 0.717) is 18.7 Å². The minimum Gasteiger partial charge on any atom is -0.326 e. The number of amides is 3. The van der Waals surface area contributed by atoms with E-state index in [1.165, 1.54) is 0 Å². The Balaban J connectivity index is 1.60. The van der Waals surface area contributed by atoms with Crippen LogP contribution in [0.25, 0.3) is 0 Å². The smallest absolute Gasteiger partial charge is 0.319 e. The summed E-state index contributed by atoms with van der Waals surface area (Å²) in [6, 6.07) is 16.2. The number of nitrogens with one attached hydrogen (secondary N) is 2. The molecule has 0 bridgehead atoms. The van der Waals surface area contributed by atoms with Crippen molar-refractivity contribution >= 4 is 23.3 Å².